The third-order valence-corrected chi connectivity index (χ3v) is 4.26. The number of fused-ring (bicyclic) bond motifs is 1. The second kappa shape index (κ2) is 7.41. The van der Waals surface area contributed by atoms with Crippen molar-refractivity contribution in [3.8, 4) is 0 Å². The molecule has 2 aromatic carbocycles. The number of nitrogens with zero attached hydrogens (tertiary/aromatic N) is 1. The standard InChI is InChI=1S/C20H21N3O3/c1-13-7-9-14(10-8-13)22-20(26)19(25)21-11-18(24)16-12-23(2)17-6-4-3-5-15(16)17/h3-10,12,18,24H,11H2,1-2H3,(H,21,25)(H,22,26). The van der Waals surface area contributed by atoms with Gasteiger partial charge >= 0.3 is 11.8 Å². The van der Waals surface area contributed by atoms with Crippen LogP contribution in [-0.4, -0.2) is 28.0 Å². The molecule has 0 aliphatic rings. The van der Waals surface area contributed by atoms with Gasteiger partial charge in [-0.25, -0.2) is 0 Å². The minimum Gasteiger partial charge on any atom is -0.386 e. The second-order valence-corrected chi connectivity index (χ2v) is 6.26. The van der Waals surface area contributed by atoms with E-state index in [2.05, 4.69) is 10.6 Å². The lowest BCUT2D eigenvalue weighted by atomic mass is 10.1. The zero-order valence-corrected chi connectivity index (χ0v) is 14.7. The van der Waals surface area contributed by atoms with Crippen molar-refractivity contribution in [3.63, 3.8) is 0 Å². The Morgan fingerprint density at radius 2 is 1.77 bits per heavy atom. The molecule has 26 heavy (non-hydrogen) atoms. The van der Waals surface area contributed by atoms with E-state index in [-0.39, 0.29) is 6.54 Å². The van der Waals surface area contributed by atoms with Gasteiger partial charge in [0.15, 0.2) is 0 Å². The molecule has 1 aromatic heterocycles. The van der Waals surface area contributed by atoms with Crippen molar-refractivity contribution >= 4 is 28.4 Å². The molecule has 6 nitrogen and oxygen atoms in total. The van der Waals surface area contributed by atoms with Crippen molar-refractivity contribution in [1.29, 1.82) is 0 Å². The zero-order chi connectivity index (χ0) is 18.7. The molecule has 0 saturated carbocycles. The van der Waals surface area contributed by atoms with E-state index in [4.69, 9.17) is 0 Å². The number of para-hydroxylation sites is 1. The molecule has 0 bridgehead atoms. The van der Waals surface area contributed by atoms with E-state index in [1.165, 1.54) is 0 Å². The summed E-state index contributed by atoms with van der Waals surface area (Å²) in [5.41, 5.74) is 3.31. The number of carbonyl (C=O) groups excluding carboxylic acids is 2. The van der Waals surface area contributed by atoms with Gasteiger partial charge in [0.25, 0.3) is 0 Å². The van der Waals surface area contributed by atoms with E-state index < -0.39 is 17.9 Å². The average Bonchev–Trinajstić information content (AvgIpc) is 2.98. The van der Waals surface area contributed by atoms with E-state index in [1.807, 2.05) is 61.1 Å². The Bertz CT molecular complexity index is 945. The van der Waals surface area contributed by atoms with Gasteiger partial charge in [0.05, 0.1) is 6.10 Å². The van der Waals surface area contributed by atoms with Crippen LogP contribution < -0.4 is 10.6 Å². The van der Waals surface area contributed by atoms with Gasteiger partial charge in [0.2, 0.25) is 0 Å². The molecule has 6 heteroatoms. The van der Waals surface area contributed by atoms with Crippen molar-refractivity contribution in [3.05, 3.63) is 65.9 Å². The van der Waals surface area contributed by atoms with E-state index in [1.54, 1.807) is 12.1 Å². The van der Waals surface area contributed by atoms with Gasteiger partial charge < -0.3 is 20.3 Å². The summed E-state index contributed by atoms with van der Waals surface area (Å²) in [4.78, 5) is 23.9. The molecule has 3 rings (SSSR count). The molecule has 0 aliphatic carbocycles. The molecule has 0 fully saturated rings. The quantitative estimate of drug-likeness (QED) is 0.631. The van der Waals surface area contributed by atoms with Gasteiger partial charge in [0.1, 0.15) is 0 Å². The third kappa shape index (κ3) is 3.75. The summed E-state index contributed by atoms with van der Waals surface area (Å²) in [5, 5.41) is 16.3. The summed E-state index contributed by atoms with van der Waals surface area (Å²) in [5.74, 6) is -1.55. The van der Waals surface area contributed by atoms with Crippen molar-refractivity contribution in [2.24, 2.45) is 7.05 Å². The molecular weight excluding hydrogens is 330 g/mol. The highest BCUT2D eigenvalue weighted by molar-refractivity contribution is 6.39. The number of aryl methyl sites for hydroxylation is 2. The predicted octanol–water partition coefficient (Wildman–Crippen LogP) is 2.28. The summed E-state index contributed by atoms with van der Waals surface area (Å²) in [6.07, 6.45) is 0.922. The Kier molecular flexibility index (Phi) is 5.04. The van der Waals surface area contributed by atoms with E-state index >= 15 is 0 Å². The van der Waals surface area contributed by atoms with Gasteiger partial charge in [-0.3, -0.25) is 9.59 Å². The number of hydrogen-bond acceptors (Lipinski definition) is 3. The largest absolute Gasteiger partial charge is 0.386 e. The lowest BCUT2D eigenvalue weighted by molar-refractivity contribution is -0.136. The second-order valence-electron chi connectivity index (χ2n) is 6.26. The number of hydrogen-bond donors (Lipinski definition) is 3. The first kappa shape index (κ1) is 17.7. The van der Waals surface area contributed by atoms with Gasteiger partial charge in [0, 0.05) is 41.9 Å². The Hall–Kier alpha value is -3.12. The first-order valence-electron chi connectivity index (χ1n) is 8.33. The highest BCUT2D eigenvalue weighted by Crippen LogP contribution is 2.25. The first-order valence-corrected chi connectivity index (χ1v) is 8.33. The zero-order valence-electron chi connectivity index (χ0n) is 14.7. The summed E-state index contributed by atoms with van der Waals surface area (Å²) in [7, 11) is 1.89. The number of aliphatic hydroxyl groups is 1. The third-order valence-electron chi connectivity index (χ3n) is 4.26. The van der Waals surface area contributed by atoms with E-state index in [0.717, 1.165) is 16.5 Å². The fourth-order valence-electron chi connectivity index (χ4n) is 2.84. The molecule has 0 saturated heterocycles. The normalized spacial score (nSPS) is 12.0. The van der Waals surface area contributed by atoms with E-state index in [9.17, 15) is 14.7 Å². The fraction of sp³-hybridized carbons (Fsp3) is 0.200. The molecule has 134 valence electrons. The van der Waals surface area contributed by atoms with Crippen LogP contribution in [0, 0.1) is 6.92 Å². The Balaban J connectivity index is 1.61. The van der Waals surface area contributed by atoms with Crippen LogP contribution in [0.5, 0.6) is 0 Å². The van der Waals surface area contributed by atoms with Crippen molar-refractivity contribution in [1.82, 2.24) is 9.88 Å². The van der Waals surface area contributed by atoms with Gasteiger partial charge in [-0.05, 0) is 25.1 Å². The minimum absolute atomic E-state index is 0.0475. The number of aliphatic hydroxyl groups excluding tert-OH is 1. The Labute approximate surface area is 151 Å². The number of anilines is 1. The molecule has 1 unspecified atom stereocenters. The maximum Gasteiger partial charge on any atom is 0.313 e. The molecule has 0 aliphatic heterocycles. The number of aromatic nitrogens is 1. The monoisotopic (exact) mass is 351 g/mol. The molecule has 3 aromatic rings. The summed E-state index contributed by atoms with van der Waals surface area (Å²) >= 11 is 0. The van der Waals surface area contributed by atoms with Crippen LogP contribution >= 0.6 is 0 Å². The maximum atomic E-state index is 12.0. The lowest BCUT2D eigenvalue weighted by Gasteiger charge is -2.11. The number of benzene rings is 2. The molecular formula is C20H21N3O3. The maximum absolute atomic E-state index is 12.0. The van der Waals surface area contributed by atoms with Crippen LogP contribution in [0.2, 0.25) is 0 Å². The van der Waals surface area contributed by atoms with Crippen LogP contribution in [0.15, 0.2) is 54.7 Å². The number of amides is 2. The highest BCUT2D eigenvalue weighted by atomic mass is 16.3. The number of nitrogens with one attached hydrogen (secondary N) is 2. The SMILES string of the molecule is Cc1ccc(NC(=O)C(=O)NCC(O)c2cn(C)c3ccccc23)cc1. The van der Waals surface area contributed by atoms with Gasteiger partial charge in [-0.1, -0.05) is 35.9 Å². The summed E-state index contributed by atoms with van der Waals surface area (Å²) < 4.78 is 1.92. The molecule has 3 N–H and O–H groups in total. The van der Waals surface area contributed by atoms with Crippen LogP contribution in [0.25, 0.3) is 10.9 Å². The van der Waals surface area contributed by atoms with E-state index in [0.29, 0.717) is 11.3 Å². The average molecular weight is 351 g/mol. The van der Waals surface area contributed by atoms with Crippen molar-refractivity contribution in [2.45, 2.75) is 13.0 Å². The van der Waals surface area contributed by atoms with Gasteiger partial charge in [-0.2, -0.15) is 0 Å². The van der Waals surface area contributed by atoms with Crippen LogP contribution in [0.3, 0.4) is 0 Å². The van der Waals surface area contributed by atoms with Crippen LogP contribution in [0.1, 0.15) is 17.2 Å². The molecule has 0 radical (unpaired) electrons. The fourth-order valence-corrected chi connectivity index (χ4v) is 2.84. The van der Waals surface area contributed by atoms with Crippen LogP contribution in [-0.2, 0) is 16.6 Å². The first-order chi connectivity index (χ1) is 12.5. The number of carbonyl (C=O) groups is 2. The number of rotatable bonds is 4. The molecule has 1 atom stereocenters. The van der Waals surface area contributed by atoms with Gasteiger partial charge in [-0.15, -0.1) is 0 Å². The minimum atomic E-state index is -0.905. The van der Waals surface area contributed by atoms with Crippen molar-refractivity contribution in [2.75, 3.05) is 11.9 Å². The summed E-state index contributed by atoms with van der Waals surface area (Å²) in [6, 6.07) is 14.8. The summed E-state index contributed by atoms with van der Waals surface area (Å²) in [6.45, 7) is 1.89. The van der Waals surface area contributed by atoms with Crippen LogP contribution in [0.4, 0.5) is 5.69 Å². The topological polar surface area (TPSA) is 83.4 Å². The molecule has 0 spiro atoms. The molecule has 2 amide bonds. The van der Waals surface area contributed by atoms with Crippen molar-refractivity contribution < 1.29 is 14.7 Å². The highest BCUT2D eigenvalue weighted by Gasteiger charge is 2.18. The predicted molar refractivity (Wildman–Crippen MR) is 101 cm³/mol. The smallest absolute Gasteiger partial charge is 0.313 e. The Morgan fingerprint density at radius 3 is 2.50 bits per heavy atom. The lowest BCUT2D eigenvalue weighted by Crippen LogP contribution is -2.37. The molecule has 1 heterocycles. The Morgan fingerprint density at radius 1 is 1.08 bits per heavy atom.